The average molecular weight is 481 g/mol. The molecule has 0 bridgehead atoms. The van der Waals surface area contributed by atoms with Crippen LogP contribution in [0.15, 0.2) is 48.6 Å². The minimum absolute atomic E-state index is 0.00577. The number of ether oxygens (including phenoxy) is 2. The molecule has 0 aliphatic carbocycles. The fraction of sp³-hybridized carbons (Fsp3) is 0.400. The van der Waals surface area contributed by atoms with Crippen LogP contribution in [0.2, 0.25) is 10.0 Å². The summed E-state index contributed by atoms with van der Waals surface area (Å²) in [6.07, 6.45) is -0.0386. The summed E-state index contributed by atoms with van der Waals surface area (Å²) in [4.78, 5) is 11.1. The van der Waals surface area contributed by atoms with Gasteiger partial charge in [0.15, 0.2) is 6.61 Å². The quantitative estimate of drug-likeness (QED) is 0.431. The van der Waals surface area contributed by atoms with Crippen molar-refractivity contribution in [3.05, 3.63) is 75.5 Å². The van der Waals surface area contributed by atoms with Gasteiger partial charge in [-0.2, -0.15) is 0 Å². The van der Waals surface area contributed by atoms with Crippen LogP contribution in [0.4, 0.5) is 4.39 Å². The number of carboxylic acid groups (broad SMARTS) is 1. The number of hydrogen-bond donors (Lipinski definition) is 1. The maximum atomic E-state index is 14.4. The largest absolute Gasteiger partial charge is 0.480 e. The van der Waals surface area contributed by atoms with Crippen LogP contribution in [-0.4, -0.2) is 23.8 Å². The Bertz CT molecular complexity index is 990. The van der Waals surface area contributed by atoms with Crippen LogP contribution in [0.1, 0.15) is 50.3 Å². The van der Waals surface area contributed by atoms with E-state index >= 15 is 0 Å². The Morgan fingerprint density at radius 3 is 2.50 bits per heavy atom. The molecule has 0 aromatic heterocycles. The monoisotopic (exact) mass is 480 g/mol. The molecule has 7 heteroatoms. The summed E-state index contributed by atoms with van der Waals surface area (Å²) in [6, 6.07) is 10.1. The average Bonchev–Trinajstić information content (AvgIpc) is 2.72. The number of benzene rings is 2. The standard InChI is InChI=1S/C25H27Cl2FO4/c1-13(2)18-11-19(15-5-7-16(26)8-6-15)23(14(3)4)32-24(18)20-9-17(28)10-21(27)25(20)31-12-22(29)30/h5-10,14,18-19,23-24H,1,11-12H2,2-4H3,(H,29,30)/t18-,19-,23+,24+/m0/s1. The first-order valence-electron chi connectivity index (χ1n) is 10.5. The van der Waals surface area contributed by atoms with Crippen molar-refractivity contribution in [2.45, 2.75) is 45.3 Å². The van der Waals surface area contributed by atoms with Crippen LogP contribution < -0.4 is 4.74 Å². The lowest BCUT2D eigenvalue weighted by Gasteiger charge is -2.44. The molecule has 2 aromatic rings. The van der Waals surface area contributed by atoms with Gasteiger partial charge in [-0.15, -0.1) is 0 Å². The van der Waals surface area contributed by atoms with Crippen molar-refractivity contribution < 1.29 is 23.8 Å². The van der Waals surface area contributed by atoms with Gasteiger partial charge in [0, 0.05) is 22.4 Å². The number of hydrogen-bond acceptors (Lipinski definition) is 3. The highest BCUT2D eigenvalue weighted by Crippen LogP contribution is 2.50. The van der Waals surface area contributed by atoms with E-state index in [-0.39, 0.29) is 34.6 Å². The van der Waals surface area contributed by atoms with E-state index in [0.717, 1.165) is 23.6 Å². The van der Waals surface area contributed by atoms with Crippen LogP contribution in [0.3, 0.4) is 0 Å². The molecule has 3 rings (SSSR count). The molecule has 1 fully saturated rings. The first-order valence-corrected chi connectivity index (χ1v) is 11.2. The Hall–Kier alpha value is -2.08. The predicted octanol–water partition coefficient (Wildman–Crippen LogP) is 7.06. The lowest BCUT2D eigenvalue weighted by molar-refractivity contribution is -0.139. The summed E-state index contributed by atoms with van der Waals surface area (Å²) in [5.74, 6) is -1.48. The molecule has 0 radical (unpaired) electrons. The van der Waals surface area contributed by atoms with Crippen molar-refractivity contribution in [2.75, 3.05) is 6.61 Å². The molecule has 1 aliphatic rings. The van der Waals surface area contributed by atoms with Gasteiger partial charge in [-0.05, 0) is 49.1 Å². The smallest absolute Gasteiger partial charge is 0.341 e. The molecule has 2 aromatic carbocycles. The Kier molecular flexibility index (Phi) is 7.86. The molecule has 0 spiro atoms. The molecular formula is C25H27Cl2FO4. The second-order valence-corrected chi connectivity index (χ2v) is 9.44. The molecule has 0 unspecified atom stereocenters. The van der Waals surface area contributed by atoms with E-state index in [0.29, 0.717) is 10.6 Å². The summed E-state index contributed by atoms with van der Waals surface area (Å²) in [5.41, 5.74) is 2.38. The molecule has 1 saturated heterocycles. The van der Waals surface area contributed by atoms with E-state index < -0.39 is 24.5 Å². The molecular weight excluding hydrogens is 454 g/mol. The maximum Gasteiger partial charge on any atom is 0.341 e. The van der Waals surface area contributed by atoms with E-state index in [9.17, 15) is 9.18 Å². The van der Waals surface area contributed by atoms with E-state index in [1.165, 1.54) is 6.07 Å². The van der Waals surface area contributed by atoms with Crippen molar-refractivity contribution in [2.24, 2.45) is 11.8 Å². The van der Waals surface area contributed by atoms with Gasteiger partial charge in [-0.3, -0.25) is 0 Å². The van der Waals surface area contributed by atoms with Crippen LogP contribution in [0.5, 0.6) is 5.75 Å². The third-order valence-electron chi connectivity index (χ3n) is 5.85. The van der Waals surface area contributed by atoms with Crippen molar-refractivity contribution in [1.29, 1.82) is 0 Å². The highest BCUT2D eigenvalue weighted by atomic mass is 35.5. The third kappa shape index (κ3) is 5.45. The molecule has 172 valence electrons. The molecule has 4 nitrogen and oxygen atoms in total. The highest BCUT2D eigenvalue weighted by Gasteiger charge is 2.42. The van der Waals surface area contributed by atoms with E-state index in [4.69, 9.17) is 37.8 Å². The van der Waals surface area contributed by atoms with E-state index in [2.05, 4.69) is 20.4 Å². The van der Waals surface area contributed by atoms with E-state index in [1.54, 1.807) is 0 Å². The zero-order chi connectivity index (χ0) is 23.6. The molecule has 0 amide bonds. The first-order chi connectivity index (χ1) is 15.1. The number of aliphatic carboxylic acids is 1. The van der Waals surface area contributed by atoms with Crippen molar-refractivity contribution >= 4 is 29.2 Å². The second kappa shape index (κ2) is 10.2. The van der Waals surface area contributed by atoms with Crippen molar-refractivity contribution in [3.63, 3.8) is 0 Å². The van der Waals surface area contributed by atoms with Crippen molar-refractivity contribution in [3.8, 4) is 5.75 Å². The number of halogens is 3. The van der Waals surface area contributed by atoms with Crippen LogP contribution in [-0.2, 0) is 9.53 Å². The number of rotatable bonds is 7. The predicted molar refractivity (Wildman–Crippen MR) is 124 cm³/mol. The molecule has 1 N–H and O–H groups in total. The summed E-state index contributed by atoms with van der Waals surface area (Å²) < 4.78 is 26.5. The van der Waals surface area contributed by atoms with Gasteiger partial charge in [0.1, 0.15) is 11.6 Å². The second-order valence-electron chi connectivity index (χ2n) is 8.60. The molecule has 4 atom stereocenters. The molecule has 32 heavy (non-hydrogen) atoms. The summed E-state index contributed by atoms with van der Waals surface area (Å²) in [5, 5.41) is 9.73. The lowest BCUT2D eigenvalue weighted by atomic mass is 9.73. The normalized spacial score (nSPS) is 23.2. The van der Waals surface area contributed by atoms with Crippen LogP contribution >= 0.6 is 23.2 Å². The topological polar surface area (TPSA) is 55.8 Å². The van der Waals surface area contributed by atoms with Gasteiger partial charge >= 0.3 is 5.97 Å². The van der Waals surface area contributed by atoms with Crippen LogP contribution in [0.25, 0.3) is 0 Å². The molecule has 1 aliphatic heterocycles. The van der Waals surface area contributed by atoms with Gasteiger partial charge in [0.2, 0.25) is 0 Å². The molecule has 1 heterocycles. The minimum atomic E-state index is -1.15. The Morgan fingerprint density at radius 2 is 1.94 bits per heavy atom. The van der Waals surface area contributed by atoms with Gasteiger partial charge in [-0.25, -0.2) is 9.18 Å². The fourth-order valence-electron chi connectivity index (χ4n) is 4.38. The highest BCUT2D eigenvalue weighted by molar-refractivity contribution is 6.32. The Labute approximate surface area is 197 Å². The molecule has 0 saturated carbocycles. The van der Waals surface area contributed by atoms with Crippen LogP contribution in [0, 0.1) is 17.7 Å². The Balaban J connectivity index is 2.06. The SMILES string of the molecule is C=C(C)[C@@H]1C[C@@H](c2ccc(Cl)cc2)[C@@H](C(C)C)O[C@H]1c1cc(F)cc(Cl)c1OCC(=O)O. The Morgan fingerprint density at radius 1 is 1.28 bits per heavy atom. The van der Waals surface area contributed by atoms with Crippen molar-refractivity contribution in [1.82, 2.24) is 0 Å². The number of carbonyl (C=O) groups is 1. The summed E-state index contributed by atoms with van der Waals surface area (Å²) >= 11 is 12.3. The van der Waals surface area contributed by atoms with Gasteiger partial charge in [-0.1, -0.05) is 61.3 Å². The zero-order valence-electron chi connectivity index (χ0n) is 18.3. The zero-order valence-corrected chi connectivity index (χ0v) is 19.8. The minimum Gasteiger partial charge on any atom is -0.480 e. The third-order valence-corrected chi connectivity index (χ3v) is 6.38. The lowest BCUT2D eigenvalue weighted by Crippen LogP contribution is -2.39. The van der Waals surface area contributed by atoms with E-state index in [1.807, 2.05) is 31.2 Å². The summed E-state index contributed by atoms with van der Waals surface area (Å²) in [6.45, 7) is 9.62. The van der Waals surface area contributed by atoms with Gasteiger partial charge < -0.3 is 14.6 Å². The maximum absolute atomic E-state index is 14.4. The van der Waals surface area contributed by atoms with Gasteiger partial charge in [0.05, 0.1) is 17.2 Å². The first kappa shape index (κ1) is 24.6. The van der Waals surface area contributed by atoms with Gasteiger partial charge in [0.25, 0.3) is 0 Å². The fourth-order valence-corrected chi connectivity index (χ4v) is 4.77. The number of carboxylic acids is 1. The summed E-state index contributed by atoms with van der Waals surface area (Å²) in [7, 11) is 0.